The Bertz CT molecular complexity index is 714. The minimum absolute atomic E-state index is 0.0228. The summed E-state index contributed by atoms with van der Waals surface area (Å²) in [6, 6.07) is 9.76. The smallest absolute Gasteiger partial charge is 0.246 e. The number of rotatable bonds is 2. The third-order valence-corrected chi connectivity index (χ3v) is 5.91. The first kappa shape index (κ1) is 16.1. The van der Waals surface area contributed by atoms with E-state index in [1.165, 1.54) is 11.1 Å². The van der Waals surface area contributed by atoms with Crippen molar-refractivity contribution in [2.24, 2.45) is 5.92 Å². The van der Waals surface area contributed by atoms with E-state index < -0.39 is 0 Å². The van der Waals surface area contributed by atoms with Crippen LogP contribution in [0.1, 0.15) is 36.8 Å². The molecule has 25 heavy (non-hydrogen) atoms. The van der Waals surface area contributed by atoms with Crippen LogP contribution in [-0.4, -0.2) is 46.8 Å². The van der Waals surface area contributed by atoms with Crippen molar-refractivity contribution in [3.05, 3.63) is 35.4 Å². The summed E-state index contributed by atoms with van der Waals surface area (Å²) < 4.78 is 0. The zero-order valence-corrected chi connectivity index (χ0v) is 14.4. The lowest BCUT2D eigenvalue weighted by molar-refractivity contribution is -0.145. The highest BCUT2D eigenvalue weighted by atomic mass is 16.2. The van der Waals surface area contributed by atoms with E-state index in [-0.39, 0.29) is 29.8 Å². The molecule has 0 radical (unpaired) electrons. The number of nitrogens with zero attached hydrogens (tertiary/aromatic N) is 3. The van der Waals surface area contributed by atoms with Crippen molar-refractivity contribution >= 4 is 11.8 Å². The zero-order valence-electron chi connectivity index (χ0n) is 14.4. The van der Waals surface area contributed by atoms with Crippen molar-refractivity contribution in [3.8, 4) is 6.07 Å². The van der Waals surface area contributed by atoms with Crippen molar-refractivity contribution in [1.82, 2.24) is 9.80 Å². The molecule has 0 saturated carbocycles. The molecular formula is C20H23N3O2. The first-order valence-corrected chi connectivity index (χ1v) is 9.26. The second-order valence-corrected chi connectivity index (χ2v) is 7.38. The summed E-state index contributed by atoms with van der Waals surface area (Å²) in [7, 11) is 0. The monoisotopic (exact) mass is 337 g/mol. The molecule has 2 aliphatic heterocycles. The normalized spacial score (nSPS) is 25.9. The second kappa shape index (κ2) is 6.51. The van der Waals surface area contributed by atoms with E-state index in [4.69, 9.17) is 0 Å². The van der Waals surface area contributed by atoms with E-state index in [1.54, 1.807) is 9.80 Å². The van der Waals surface area contributed by atoms with Crippen LogP contribution in [0.15, 0.2) is 24.3 Å². The Morgan fingerprint density at radius 2 is 1.60 bits per heavy atom. The van der Waals surface area contributed by atoms with E-state index >= 15 is 0 Å². The number of amides is 2. The summed E-state index contributed by atoms with van der Waals surface area (Å²) in [5.74, 6) is 0.0429. The van der Waals surface area contributed by atoms with Crippen LogP contribution in [0.25, 0.3) is 0 Å². The van der Waals surface area contributed by atoms with E-state index in [2.05, 4.69) is 18.2 Å². The van der Waals surface area contributed by atoms with Gasteiger partial charge in [-0.05, 0) is 49.7 Å². The topological polar surface area (TPSA) is 64.4 Å². The highest BCUT2D eigenvalue weighted by Crippen LogP contribution is 2.31. The molecule has 2 amide bonds. The molecule has 0 unspecified atom stereocenters. The molecule has 3 aliphatic rings. The summed E-state index contributed by atoms with van der Waals surface area (Å²) in [5, 5.41) is 9.25. The van der Waals surface area contributed by atoms with Gasteiger partial charge in [0, 0.05) is 19.0 Å². The molecule has 0 N–H and O–H groups in total. The fourth-order valence-electron chi connectivity index (χ4n) is 4.61. The average Bonchev–Trinajstić information content (AvgIpc) is 3.38. The maximum Gasteiger partial charge on any atom is 0.246 e. The number of carbonyl (C=O) groups excluding carboxylic acids is 2. The molecule has 1 aliphatic carbocycles. The largest absolute Gasteiger partial charge is 0.330 e. The first-order chi connectivity index (χ1) is 12.2. The van der Waals surface area contributed by atoms with E-state index in [1.807, 2.05) is 12.1 Å². The lowest BCUT2D eigenvalue weighted by Gasteiger charge is -2.30. The Balaban J connectivity index is 1.48. The lowest BCUT2D eigenvalue weighted by atomic mass is 10.0. The van der Waals surface area contributed by atoms with Crippen LogP contribution in [0, 0.1) is 17.2 Å². The molecule has 0 bridgehead atoms. The van der Waals surface area contributed by atoms with E-state index in [0.717, 1.165) is 38.5 Å². The van der Waals surface area contributed by atoms with Crippen LogP contribution in [0.4, 0.5) is 0 Å². The number of carbonyl (C=O) groups is 2. The van der Waals surface area contributed by atoms with Crippen LogP contribution in [-0.2, 0) is 22.4 Å². The zero-order chi connectivity index (χ0) is 17.4. The quantitative estimate of drug-likeness (QED) is 0.828. The fraction of sp³-hybridized carbons (Fsp3) is 0.550. The molecule has 2 atom stereocenters. The number of likely N-dealkylation sites (tertiary alicyclic amines) is 2. The molecule has 0 spiro atoms. The van der Waals surface area contributed by atoms with E-state index in [9.17, 15) is 14.9 Å². The Morgan fingerprint density at radius 1 is 0.960 bits per heavy atom. The predicted octanol–water partition coefficient (Wildman–Crippen LogP) is 1.91. The number of fused-ring (bicyclic) bond motifs is 1. The van der Waals surface area contributed by atoms with Gasteiger partial charge >= 0.3 is 0 Å². The van der Waals surface area contributed by atoms with Gasteiger partial charge < -0.3 is 9.80 Å². The molecule has 5 nitrogen and oxygen atoms in total. The molecule has 2 saturated heterocycles. The Morgan fingerprint density at radius 3 is 2.28 bits per heavy atom. The van der Waals surface area contributed by atoms with Crippen LogP contribution in [0.2, 0.25) is 0 Å². The van der Waals surface area contributed by atoms with Gasteiger partial charge in [0.1, 0.15) is 12.1 Å². The molecule has 2 heterocycles. The van der Waals surface area contributed by atoms with Gasteiger partial charge in [-0.2, -0.15) is 5.26 Å². The van der Waals surface area contributed by atoms with Crippen LogP contribution in [0.3, 0.4) is 0 Å². The third-order valence-electron chi connectivity index (χ3n) is 5.91. The van der Waals surface area contributed by atoms with Crippen molar-refractivity contribution in [2.75, 3.05) is 13.1 Å². The van der Waals surface area contributed by atoms with Crippen LogP contribution < -0.4 is 0 Å². The molecule has 130 valence electrons. The van der Waals surface area contributed by atoms with Gasteiger partial charge in [-0.25, -0.2) is 0 Å². The van der Waals surface area contributed by atoms with E-state index in [0.29, 0.717) is 13.1 Å². The fourth-order valence-corrected chi connectivity index (χ4v) is 4.61. The molecule has 1 aromatic rings. The Hall–Kier alpha value is -2.35. The van der Waals surface area contributed by atoms with Crippen LogP contribution in [0.5, 0.6) is 0 Å². The van der Waals surface area contributed by atoms with Gasteiger partial charge in [-0.1, -0.05) is 24.3 Å². The van der Waals surface area contributed by atoms with Gasteiger partial charge in [0.25, 0.3) is 0 Å². The average molecular weight is 337 g/mol. The van der Waals surface area contributed by atoms with Crippen molar-refractivity contribution in [3.63, 3.8) is 0 Å². The molecule has 4 rings (SSSR count). The van der Waals surface area contributed by atoms with Gasteiger partial charge in [-0.3, -0.25) is 9.59 Å². The first-order valence-electron chi connectivity index (χ1n) is 9.26. The summed E-state index contributed by atoms with van der Waals surface area (Å²) >= 11 is 0. The van der Waals surface area contributed by atoms with Crippen LogP contribution >= 0.6 is 0 Å². The molecule has 1 aromatic carbocycles. The summed E-state index contributed by atoms with van der Waals surface area (Å²) in [4.78, 5) is 29.5. The maximum atomic E-state index is 13.1. The maximum absolute atomic E-state index is 13.1. The summed E-state index contributed by atoms with van der Waals surface area (Å²) in [5.41, 5.74) is 2.51. The number of hydrogen-bond donors (Lipinski definition) is 0. The van der Waals surface area contributed by atoms with Crippen molar-refractivity contribution < 1.29 is 9.59 Å². The van der Waals surface area contributed by atoms with Crippen molar-refractivity contribution in [1.29, 1.82) is 5.26 Å². The van der Waals surface area contributed by atoms with Crippen molar-refractivity contribution in [2.45, 2.75) is 50.6 Å². The van der Waals surface area contributed by atoms with Gasteiger partial charge in [0.2, 0.25) is 11.8 Å². The number of hydrogen-bond acceptors (Lipinski definition) is 3. The second-order valence-electron chi connectivity index (χ2n) is 7.38. The summed E-state index contributed by atoms with van der Waals surface area (Å²) in [6.45, 7) is 1.30. The predicted molar refractivity (Wildman–Crippen MR) is 92.4 cm³/mol. The number of benzene rings is 1. The summed E-state index contributed by atoms with van der Waals surface area (Å²) in [6.07, 6.45) is 4.77. The Kier molecular flexibility index (Phi) is 4.20. The Labute approximate surface area is 148 Å². The number of nitriles is 1. The molecule has 2 fully saturated rings. The molecular weight excluding hydrogens is 314 g/mol. The lowest BCUT2D eigenvalue weighted by Crippen LogP contribution is -2.50. The van der Waals surface area contributed by atoms with Gasteiger partial charge in [0.05, 0.1) is 6.07 Å². The highest BCUT2D eigenvalue weighted by Gasteiger charge is 2.42. The minimum Gasteiger partial charge on any atom is -0.330 e. The minimum atomic E-state index is -0.370. The standard InChI is InChI=1S/C20H23N3O2/c21-13-17-7-3-9-22(17)20(25)18-8-4-10-23(18)19(24)16-11-14-5-1-2-6-15(14)12-16/h1-2,5-6,16-18H,3-4,7-12H2/t17-,18+/m0/s1. The molecule has 5 heteroatoms. The molecule has 0 aromatic heterocycles. The van der Waals surface area contributed by atoms with Gasteiger partial charge in [0.15, 0.2) is 0 Å². The van der Waals surface area contributed by atoms with Gasteiger partial charge in [-0.15, -0.1) is 0 Å². The highest BCUT2D eigenvalue weighted by molar-refractivity contribution is 5.90. The third kappa shape index (κ3) is 2.80. The SMILES string of the molecule is N#C[C@@H]1CCCN1C(=O)[C@H]1CCCN1C(=O)C1Cc2ccccc2C1.